The van der Waals surface area contributed by atoms with E-state index in [2.05, 4.69) is 48.5 Å². The fourth-order valence-electron chi connectivity index (χ4n) is 4.36. The summed E-state index contributed by atoms with van der Waals surface area (Å²) in [6, 6.07) is 32.2. The first kappa shape index (κ1) is 20.0. The highest BCUT2D eigenvalue weighted by Crippen LogP contribution is 2.49. The first-order valence-corrected chi connectivity index (χ1v) is 11.9. The van der Waals surface area contributed by atoms with E-state index < -0.39 is 8.60 Å². The van der Waals surface area contributed by atoms with Gasteiger partial charge >= 0.3 is 8.60 Å². The molecule has 0 atom stereocenters. The van der Waals surface area contributed by atoms with E-state index in [9.17, 15) is 5.11 Å². The van der Waals surface area contributed by atoms with Crippen molar-refractivity contribution < 1.29 is 18.7 Å². The molecule has 1 N–H and O–H groups in total. The molecule has 0 aliphatic carbocycles. The molecule has 5 aromatic rings. The molecular formula is C28H21O4P. The van der Waals surface area contributed by atoms with E-state index in [0.29, 0.717) is 17.7 Å². The molecule has 0 bridgehead atoms. The monoisotopic (exact) mass is 452 g/mol. The number of hydrogen-bond donors (Lipinski definition) is 1. The average Bonchev–Trinajstić information content (AvgIpc) is 2.85. The maximum atomic E-state index is 9.75. The summed E-state index contributed by atoms with van der Waals surface area (Å²) in [4.78, 5) is 0. The van der Waals surface area contributed by atoms with Gasteiger partial charge in [-0.15, -0.1) is 0 Å². The molecule has 0 fully saturated rings. The molecule has 1 heterocycles. The van der Waals surface area contributed by atoms with Gasteiger partial charge in [-0.1, -0.05) is 78.9 Å². The molecule has 0 saturated heterocycles. The minimum absolute atomic E-state index is 0.123. The van der Waals surface area contributed by atoms with Gasteiger partial charge in [0.05, 0.1) is 6.61 Å². The summed E-state index contributed by atoms with van der Waals surface area (Å²) in [7, 11) is -1.81. The van der Waals surface area contributed by atoms with E-state index in [-0.39, 0.29) is 6.61 Å². The van der Waals surface area contributed by atoms with E-state index in [1.165, 1.54) is 10.8 Å². The van der Waals surface area contributed by atoms with Crippen LogP contribution in [0.15, 0.2) is 97.1 Å². The van der Waals surface area contributed by atoms with Gasteiger partial charge < -0.3 is 18.7 Å². The molecule has 0 radical (unpaired) electrons. The van der Waals surface area contributed by atoms with Crippen molar-refractivity contribution >= 4 is 30.1 Å². The Morgan fingerprint density at radius 2 is 1.21 bits per heavy atom. The van der Waals surface area contributed by atoms with Crippen LogP contribution in [0.5, 0.6) is 17.2 Å². The van der Waals surface area contributed by atoms with Crippen molar-refractivity contribution in [1.29, 1.82) is 0 Å². The molecule has 0 spiro atoms. The van der Waals surface area contributed by atoms with Crippen molar-refractivity contribution in [2.45, 2.75) is 13.0 Å². The van der Waals surface area contributed by atoms with Crippen molar-refractivity contribution in [3.8, 4) is 17.2 Å². The van der Waals surface area contributed by atoms with Gasteiger partial charge in [0.2, 0.25) is 0 Å². The quantitative estimate of drug-likeness (QED) is 0.295. The largest absolute Gasteiger partial charge is 0.530 e. The molecule has 33 heavy (non-hydrogen) atoms. The Labute approximate surface area is 193 Å². The van der Waals surface area contributed by atoms with Crippen LogP contribution in [0.4, 0.5) is 0 Å². The third-order valence-electron chi connectivity index (χ3n) is 6.01. The number of aliphatic hydroxyl groups excluding tert-OH is 1. The van der Waals surface area contributed by atoms with Crippen LogP contribution in [0.1, 0.15) is 16.7 Å². The highest BCUT2D eigenvalue weighted by atomic mass is 31.2. The molecule has 0 unspecified atom stereocenters. The molecule has 6 rings (SSSR count). The molecule has 1 aliphatic rings. The van der Waals surface area contributed by atoms with Gasteiger partial charge in [-0.25, -0.2) is 0 Å². The van der Waals surface area contributed by atoms with Crippen molar-refractivity contribution in [3.05, 3.63) is 114 Å². The number of hydrogen-bond acceptors (Lipinski definition) is 4. The summed E-state index contributed by atoms with van der Waals surface area (Å²) in [5.41, 5.74) is 2.91. The summed E-state index contributed by atoms with van der Waals surface area (Å²) in [6.07, 6.45) is 0.684. The molecule has 0 aromatic heterocycles. The molecule has 162 valence electrons. The fraction of sp³-hybridized carbons (Fsp3) is 0.0714. The lowest BCUT2D eigenvalue weighted by Gasteiger charge is -2.25. The first-order valence-electron chi connectivity index (χ1n) is 10.8. The van der Waals surface area contributed by atoms with Crippen LogP contribution >= 0.6 is 8.60 Å². The van der Waals surface area contributed by atoms with Crippen LogP contribution in [-0.4, -0.2) is 5.11 Å². The average molecular weight is 452 g/mol. The van der Waals surface area contributed by atoms with Crippen LogP contribution in [0.2, 0.25) is 0 Å². The summed E-state index contributed by atoms with van der Waals surface area (Å²) >= 11 is 0. The summed E-state index contributed by atoms with van der Waals surface area (Å²) in [6.45, 7) is -0.123. The minimum atomic E-state index is -1.81. The maximum absolute atomic E-state index is 9.75. The van der Waals surface area contributed by atoms with E-state index in [1.807, 2.05) is 48.5 Å². The van der Waals surface area contributed by atoms with Crippen LogP contribution in [0.25, 0.3) is 21.5 Å². The fourth-order valence-corrected chi connectivity index (χ4v) is 5.48. The van der Waals surface area contributed by atoms with Crippen molar-refractivity contribution in [3.63, 3.8) is 0 Å². The number of rotatable bonds is 3. The predicted octanol–water partition coefficient (Wildman–Crippen LogP) is 7.15. The van der Waals surface area contributed by atoms with Gasteiger partial charge in [-0.05, 0) is 39.7 Å². The molecular weight excluding hydrogens is 431 g/mol. The lowest BCUT2D eigenvalue weighted by atomic mass is 9.93. The summed E-state index contributed by atoms with van der Waals surface area (Å²) in [5.74, 6) is 2.05. The van der Waals surface area contributed by atoms with E-state index >= 15 is 0 Å². The van der Waals surface area contributed by atoms with Crippen LogP contribution in [0, 0.1) is 0 Å². The third kappa shape index (κ3) is 3.68. The number of fused-ring (bicyclic) bond motifs is 6. The van der Waals surface area contributed by atoms with E-state index in [0.717, 1.165) is 33.4 Å². The number of aliphatic hydroxyl groups is 1. The second-order valence-corrected chi connectivity index (χ2v) is 8.96. The molecule has 1 aliphatic heterocycles. The third-order valence-corrected chi connectivity index (χ3v) is 7.05. The Morgan fingerprint density at radius 3 is 1.82 bits per heavy atom. The topological polar surface area (TPSA) is 47.9 Å². The molecule has 0 amide bonds. The van der Waals surface area contributed by atoms with Gasteiger partial charge in [0, 0.05) is 23.1 Å². The van der Waals surface area contributed by atoms with Crippen LogP contribution in [0.3, 0.4) is 0 Å². The number of benzene rings is 5. The van der Waals surface area contributed by atoms with Crippen LogP contribution in [-0.2, 0) is 13.0 Å². The van der Waals surface area contributed by atoms with Crippen molar-refractivity contribution in [2.24, 2.45) is 0 Å². The highest BCUT2D eigenvalue weighted by molar-refractivity contribution is 7.43. The van der Waals surface area contributed by atoms with Gasteiger partial charge in [-0.2, -0.15) is 0 Å². The molecule has 0 saturated carbocycles. The zero-order valence-electron chi connectivity index (χ0n) is 17.8. The Morgan fingerprint density at radius 1 is 0.667 bits per heavy atom. The SMILES string of the molecule is OCc1ccccc1OP1Oc2ccc3ccccc3c2Cc2c(ccc3ccccc23)O1. The lowest BCUT2D eigenvalue weighted by molar-refractivity contribution is 0.277. The first-order chi connectivity index (χ1) is 16.3. The molecule has 5 aromatic carbocycles. The van der Waals surface area contributed by atoms with Gasteiger partial charge in [0.25, 0.3) is 0 Å². The van der Waals surface area contributed by atoms with Crippen molar-refractivity contribution in [1.82, 2.24) is 0 Å². The Kier molecular flexibility index (Phi) is 5.10. The van der Waals surface area contributed by atoms with E-state index in [1.54, 1.807) is 0 Å². The standard InChI is InChI=1S/C28H21O4P/c29-18-21-9-3-6-12-26(21)30-33-31-27-15-13-19-7-1-4-10-22(19)24(27)17-25-23-11-5-2-8-20(23)14-16-28(25)32-33/h1-16,29H,17-18H2. The Balaban J connectivity index is 1.54. The van der Waals surface area contributed by atoms with Crippen LogP contribution < -0.4 is 13.6 Å². The smallest absolute Gasteiger partial charge is 0.408 e. The number of para-hydroxylation sites is 1. The zero-order chi connectivity index (χ0) is 22.2. The van der Waals surface area contributed by atoms with E-state index in [4.69, 9.17) is 13.6 Å². The van der Waals surface area contributed by atoms with Gasteiger partial charge in [-0.3, -0.25) is 0 Å². The lowest BCUT2D eigenvalue weighted by Crippen LogP contribution is -2.09. The highest BCUT2D eigenvalue weighted by Gasteiger charge is 2.28. The zero-order valence-corrected chi connectivity index (χ0v) is 18.7. The Bertz CT molecular complexity index is 1390. The van der Waals surface area contributed by atoms with Gasteiger partial charge in [0.1, 0.15) is 17.2 Å². The Hall–Kier alpha value is -3.59. The van der Waals surface area contributed by atoms with Gasteiger partial charge in [0.15, 0.2) is 0 Å². The second-order valence-electron chi connectivity index (χ2n) is 7.97. The molecule has 5 heteroatoms. The predicted molar refractivity (Wildman–Crippen MR) is 132 cm³/mol. The maximum Gasteiger partial charge on any atom is 0.530 e. The minimum Gasteiger partial charge on any atom is -0.408 e. The summed E-state index contributed by atoms with van der Waals surface area (Å²) in [5, 5.41) is 14.4. The molecule has 4 nitrogen and oxygen atoms in total. The second kappa shape index (κ2) is 8.40. The summed E-state index contributed by atoms with van der Waals surface area (Å²) < 4.78 is 18.9. The van der Waals surface area contributed by atoms with Crippen molar-refractivity contribution in [2.75, 3.05) is 0 Å². The normalized spacial score (nSPS) is 13.4.